The summed E-state index contributed by atoms with van der Waals surface area (Å²) in [5.41, 5.74) is 1.75. The number of nitrogens with zero attached hydrogens (tertiary/aromatic N) is 3. The zero-order valence-corrected chi connectivity index (χ0v) is 18.1. The molecule has 1 aliphatic heterocycles. The highest BCUT2D eigenvalue weighted by atomic mass is 32.1. The van der Waals surface area contributed by atoms with E-state index >= 15 is 0 Å². The second-order valence-corrected chi connectivity index (χ2v) is 8.13. The van der Waals surface area contributed by atoms with Crippen molar-refractivity contribution in [2.75, 3.05) is 45.9 Å². The third-order valence-corrected chi connectivity index (χ3v) is 5.80. The molecule has 1 aliphatic rings. The summed E-state index contributed by atoms with van der Waals surface area (Å²) in [6.07, 6.45) is 5.50. The number of ether oxygens (including phenoxy) is 1. The predicted molar refractivity (Wildman–Crippen MR) is 117 cm³/mol. The topological polar surface area (TPSA) is 74.8 Å². The van der Waals surface area contributed by atoms with Crippen LogP contribution in [-0.2, 0) is 16.1 Å². The first kappa shape index (κ1) is 22.4. The average Bonchev–Trinajstić information content (AvgIpc) is 3.32. The van der Waals surface area contributed by atoms with Crippen LogP contribution in [-0.4, -0.2) is 72.5 Å². The number of hydrogen-bond donors (Lipinski definition) is 1. The fraction of sp³-hybridized carbons (Fsp3) is 0.500. The summed E-state index contributed by atoms with van der Waals surface area (Å²) in [5, 5.41) is 6.59. The number of rotatable bonds is 11. The number of aromatic nitrogens is 1. The summed E-state index contributed by atoms with van der Waals surface area (Å²) in [6.45, 7) is 6.28. The van der Waals surface area contributed by atoms with Gasteiger partial charge in [-0.3, -0.25) is 19.5 Å². The normalized spacial score (nSPS) is 14.4. The van der Waals surface area contributed by atoms with Crippen LogP contribution in [0.1, 0.15) is 35.2 Å². The Morgan fingerprint density at radius 2 is 1.97 bits per heavy atom. The maximum absolute atomic E-state index is 12.9. The monoisotopic (exact) mass is 430 g/mol. The van der Waals surface area contributed by atoms with E-state index in [2.05, 4.69) is 15.2 Å². The van der Waals surface area contributed by atoms with Crippen LogP contribution < -0.4 is 5.32 Å². The number of pyridine rings is 1. The number of amides is 2. The van der Waals surface area contributed by atoms with Crippen molar-refractivity contribution in [3.05, 3.63) is 52.5 Å². The van der Waals surface area contributed by atoms with Crippen molar-refractivity contribution in [3.8, 4) is 0 Å². The Bertz CT molecular complexity index is 764. The highest BCUT2D eigenvalue weighted by Gasteiger charge is 2.16. The van der Waals surface area contributed by atoms with Crippen molar-refractivity contribution in [3.63, 3.8) is 0 Å². The summed E-state index contributed by atoms with van der Waals surface area (Å²) in [7, 11) is 0. The number of hydrogen-bond acceptors (Lipinski definition) is 6. The van der Waals surface area contributed by atoms with Gasteiger partial charge >= 0.3 is 0 Å². The second-order valence-electron chi connectivity index (χ2n) is 7.35. The molecule has 0 aromatic carbocycles. The Hall–Kier alpha value is -2.29. The van der Waals surface area contributed by atoms with Gasteiger partial charge in [0.05, 0.1) is 13.2 Å². The fourth-order valence-electron chi connectivity index (χ4n) is 3.41. The van der Waals surface area contributed by atoms with E-state index in [1.165, 1.54) is 11.3 Å². The first-order chi connectivity index (χ1) is 14.7. The van der Waals surface area contributed by atoms with Gasteiger partial charge in [0.1, 0.15) is 0 Å². The van der Waals surface area contributed by atoms with Crippen LogP contribution in [0.25, 0.3) is 0 Å². The molecule has 0 spiro atoms. The van der Waals surface area contributed by atoms with E-state index < -0.39 is 0 Å². The van der Waals surface area contributed by atoms with E-state index in [0.717, 1.165) is 51.4 Å². The van der Waals surface area contributed by atoms with Crippen LogP contribution in [0.4, 0.5) is 0 Å². The number of morpholine rings is 1. The van der Waals surface area contributed by atoms with Gasteiger partial charge in [-0.05, 0) is 42.0 Å². The van der Waals surface area contributed by atoms with Gasteiger partial charge in [-0.1, -0.05) is 0 Å². The highest BCUT2D eigenvalue weighted by Crippen LogP contribution is 2.09. The molecular weight excluding hydrogens is 400 g/mol. The van der Waals surface area contributed by atoms with E-state index in [9.17, 15) is 9.59 Å². The lowest BCUT2D eigenvalue weighted by molar-refractivity contribution is -0.132. The maximum Gasteiger partial charge on any atom is 0.252 e. The van der Waals surface area contributed by atoms with E-state index in [1.807, 2.05) is 27.8 Å². The standard InChI is InChI=1S/C22H30N4O3S/c27-21(3-1-7-24-22(28)20-6-16-30-18-20)26(17-19-4-8-23-9-5-19)11-2-10-25-12-14-29-15-13-25/h4-6,8-9,16,18H,1-3,7,10-15,17H2,(H,24,28). The van der Waals surface area contributed by atoms with Crippen LogP contribution in [0, 0.1) is 0 Å². The van der Waals surface area contributed by atoms with E-state index in [-0.39, 0.29) is 11.8 Å². The van der Waals surface area contributed by atoms with E-state index in [0.29, 0.717) is 31.5 Å². The van der Waals surface area contributed by atoms with Gasteiger partial charge in [-0.25, -0.2) is 0 Å². The van der Waals surface area contributed by atoms with Gasteiger partial charge in [-0.15, -0.1) is 0 Å². The first-order valence-corrected chi connectivity index (χ1v) is 11.4. The molecule has 1 N–H and O–H groups in total. The number of carbonyl (C=O) groups is 2. The molecule has 1 fully saturated rings. The molecular formula is C22H30N4O3S. The molecule has 0 atom stereocenters. The van der Waals surface area contributed by atoms with Crippen LogP contribution >= 0.6 is 11.3 Å². The molecule has 3 heterocycles. The minimum absolute atomic E-state index is 0.0807. The first-order valence-electron chi connectivity index (χ1n) is 10.5. The Balaban J connectivity index is 1.44. The maximum atomic E-state index is 12.9. The lowest BCUT2D eigenvalue weighted by atomic mass is 10.2. The lowest BCUT2D eigenvalue weighted by Crippen LogP contribution is -2.39. The molecule has 7 nitrogen and oxygen atoms in total. The Morgan fingerprint density at radius 3 is 2.70 bits per heavy atom. The Kier molecular flexibility index (Phi) is 9.27. The zero-order valence-electron chi connectivity index (χ0n) is 17.3. The molecule has 1 saturated heterocycles. The number of carbonyl (C=O) groups excluding carboxylic acids is 2. The van der Waals surface area contributed by atoms with Gasteiger partial charge in [0.15, 0.2) is 0 Å². The average molecular weight is 431 g/mol. The highest BCUT2D eigenvalue weighted by molar-refractivity contribution is 7.08. The van der Waals surface area contributed by atoms with Crippen LogP contribution in [0.5, 0.6) is 0 Å². The van der Waals surface area contributed by atoms with Crippen molar-refractivity contribution < 1.29 is 14.3 Å². The third kappa shape index (κ3) is 7.51. The summed E-state index contributed by atoms with van der Waals surface area (Å²) in [6, 6.07) is 5.70. The third-order valence-electron chi connectivity index (χ3n) is 5.12. The summed E-state index contributed by atoms with van der Waals surface area (Å²) >= 11 is 1.50. The molecule has 2 aromatic heterocycles. The Labute approximate surface area is 182 Å². The fourth-order valence-corrected chi connectivity index (χ4v) is 4.04. The van der Waals surface area contributed by atoms with Crippen molar-refractivity contribution in [2.24, 2.45) is 0 Å². The molecule has 0 saturated carbocycles. The smallest absolute Gasteiger partial charge is 0.252 e. The molecule has 0 unspecified atom stereocenters. The van der Waals surface area contributed by atoms with Gasteiger partial charge in [0, 0.05) is 69.0 Å². The van der Waals surface area contributed by atoms with Crippen molar-refractivity contribution in [2.45, 2.75) is 25.8 Å². The molecule has 3 rings (SSSR count). The van der Waals surface area contributed by atoms with Crippen LogP contribution in [0.2, 0.25) is 0 Å². The molecule has 30 heavy (non-hydrogen) atoms. The summed E-state index contributed by atoms with van der Waals surface area (Å²) < 4.78 is 5.40. The number of nitrogens with one attached hydrogen (secondary N) is 1. The molecule has 2 amide bonds. The Morgan fingerprint density at radius 1 is 1.17 bits per heavy atom. The predicted octanol–water partition coefficient (Wildman–Crippen LogP) is 2.40. The largest absolute Gasteiger partial charge is 0.379 e. The number of thiophene rings is 1. The molecule has 0 aliphatic carbocycles. The lowest BCUT2D eigenvalue weighted by Gasteiger charge is -2.28. The molecule has 162 valence electrons. The van der Waals surface area contributed by atoms with Gasteiger partial charge < -0.3 is 15.0 Å². The minimum Gasteiger partial charge on any atom is -0.379 e. The van der Waals surface area contributed by atoms with Gasteiger partial charge in [-0.2, -0.15) is 11.3 Å². The molecule has 8 heteroatoms. The minimum atomic E-state index is -0.0807. The van der Waals surface area contributed by atoms with Crippen molar-refractivity contribution in [1.29, 1.82) is 0 Å². The second kappa shape index (κ2) is 12.4. The van der Waals surface area contributed by atoms with Crippen molar-refractivity contribution >= 4 is 23.2 Å². The van der Waals surface area contributed by atoms with Gasteiger partial charge in [0.2, 0.25) is 5.91 Å². The van der Waals surface area contributed by atoms with Crippen LogP contribution in [0.15, 0.2) is 41.4 Å². The van der Waals surface area contributed by atoms with E-state index in [4.69, 9.17) is 4.74 Å². The molecule has 0 bridgehead atoms. The molecule has 2 aromatic rings. The van der Waals surface area contributed by atoms with Crippen LogP contribution in [0.3, 0.4) is 0 Å². The summed E-state index contributed by atoms with van der Waals surface area (Å²) in [4.78, 5) is 33.2. The quantitative estimate of drug-likeness (QED) is 0.554. The zero-order chi connectivity index (χ0) is 21.0. The van der Waals surface area contributed by atoms with E-state index in [1.54, 1.807) is 18.5 Å². The summed E-state index contributed by atoms with van der Waals surface area (Å²) in [5.74, 6) is 0.0430. The molecule has 0 radical (unpaired) electrons. The van der Waals surface area contributed by atoms with Gasteiger partial charge in [0.25, 0.3) is 5.91 Å². The SMILES string of the molecule is O=C(NCCCC(=O)N(CCCN1CCOCC1)Cc1ccncc1)c1ccsc1. The van der Waals surface area contributed by atoms with Crippen molar-refractivity contribution in [1.82, 2.24) is 20.1 Å².